The van der Waals surface area contributed by atoms with Gasteiger partial charge in [0.15, 0.2) is 0 Å². The molecule has 1 atom stereocenters. The summed E-state index contributed by atoms with van der Waals surface area (Å²) in [5.74, 6) is 0.189. The summed E-state index contributed by atoms with van der Waals surface area (Å²) in [6, 6.07) is 0.534. The molecule has 0 saturated carbocycles. The third-order valence-corrected chi connectivity index (χ3v) is 2.98. The Kier molecular flexibility index (Phi) is 3.19. The van der Waals surface area contributed by atoms with Gasteiger partial charge in [0.25, 0.3) is 0 Å². The van der Waals surface area contributed by atoms with Crippen LogP contribution in [0.4, 0.5) is 0 Å². The van der Waals surface area contributed by atoms with E-state index in [0.717, 1.165) is 38.6 Å². The predicted octanol–water partition coefficient (Wildman–Crippen LogP) is 0.963. The maximum Gasteiger partial charge on any atom is 0.237 e. The Labute approximate surface area is 84.9 Å². The van der Waals surface area contributed by atoms with Crippen molar-refractivity contribution >= 4 is 5.91 Å². The molecule has 0 radical (unpaired) electrons. The number of carbonyl (C=O) groups excluding carboxylic acids is 1. The Morgan fingerprint density at radius 1 is 1.29 bits per heavy atom. The van der Waals surface area contributed by atoms with Crippen LogP contribution >= 0.6 is 0 Å². The van der Waals surface area contributed by atoms with E-state index < -0.39 is 0 Å². The minimum atomic E-state index is 0.0439. The van der Waals surface area contributed by atoms with E-state index in [-0.39, 0.29) is 11.9 Å². The molecule has 2 rings (SSSR count). The van der Waals surface area contributed by atoms with Gasteiger partial charge < -0.3 is 10.6 Å². The molecule has 2 aliphatic rings. The molecule has 1 amide bonds. The van der Waals surface area contributed by atoms with Crippen LogP contribution in [0.3, 0.4) is 0 Å². The van der Waals surface area contributed by atoms with Gasteiger partial charge in [0, 0.05) is 12.6 Å². The highest BCUT2D eigenvalue weighted by molar-refractivity contribution is 5.81. The summed E-state index contributed by atoms with van der Waals surface area (Å²) in [5, 5.41) is 6.38. The van der Waals surface area contributed by atoms with E-state index in [1.807, 2.05) is 0 Å². The van der Waals surface area contributed by atoms with E-state index >= 15 is 0 Å². The van der Waals surface area contributed by atoms with E-state index in [9.17, 15) is 4.79 Å². The van der Waals surface area contributed by atoms with Gasteiger partial charge in [0.05, 0.1) is 6.04 Å². The molecule has 14 heavy (non-hydrogen) atoms. The second-order valence-corrected chi connectivity index (χ2v) is 4.15. The van der Waals surface area contributed by atoms with Crippen LogP contribution in [0.1, 0.15) is 32.1 Å². The summed E-state index contributed by atoms with van der Waals surface area (Å²) in [4.78, 5) is 11.6. The molecule has 0 spiro atoms. The molecule has 1 aliphatic carbocycles. The zero-order valence-corrected chi connectivity index (χ0v) is 8.46. The molecule has 0 bridgehead atoms. The molecule has 2 N–H and O–H groups in total. The maximum absolute atomic E-state index is 11.6. The van der Waals surface area contributed by atoms with E-state index in [4.69, 9.17) is 0 Å². The first kappa shape index (κ1) is 9.71. The normalized spacial score (nSPS) is 28.9. The van der Waals surface area contributed by atoms with Crippen molar-refractivity contribution < 1.29 is 4.79 Å². The molecule has 1 saturated heterocycles. The van der Waals surface area contributed by atoms with Gasteiger partial charge in [-0.25, -0.2) is 0 Å². The molecule has 1 unspecified atom stereocenters. The molecule has 78 valence electrons. The highest BCUT2D eigenvalue weighted by Gasteiger charge is 2.23. The largest absolute Gasteiger partial charge is 0.355 e. The average Bonchev–Trinajstić information content (AvgIpc) is 2.60. The lowest BCUT2D eigenvalue weighted by molar-refractivity contribution is -0.123. The van der Waals surface area contributed by atoms with Crippen LogP contribution < -0.4 is 10.6 Å². The predicted molar refractivity (Wildman–Crippen MR) is 55.9 cm³/mol. The lowest BCUT2D eigenvalue weighted by Gasteiger charge is -2.20. The standard InChI is InChI=1S/C11H18N2O/c14-11-10(7-3-4-8-12-11)13-9-5-1-2-6-9/h1-2,9-10,13H,3-8H2,(H,12,14). The van der Waals surface area contributed by atoms with Crippen molar-refractivity contribution in [1.29, 1.82) is 0 Å². The van der Waals surface area contributed by atoms with Crippen molar-refractivity contribution in [3.05, 3.63) is 12.2 Å². The van der Waals surface area contributed by atoms with E-state index in [0.29, 0.717) is 6.04 Å². The van der Waals surface area contributed by atoms with Gasteiger partial charge in [0.2, 0.25) is 5.91 Å². The van der Waals surface area contributed by atoms with Crippen LogP contribution in [0.15, 0.2) is 12.2 Å². The van der Waals surface area contributed by atoms with Crippen molar-refractivity contribution in [3.8, 4) is 0 Å². The molecule has 0 aromatic rings. The average molecular weight is 194 g/mol. The number of carbonyl (C=O) groups is 1. The molecule has 0 aromatic carbocycles. The Morgan fingerprint density at radius 2 is 2.07 bits per heavy atom. The third-order valence-electron chi connectivity index (χ3n) is 2.98. The first-order valence-corrected chi connectivity index (χ1v) is 5.55. The fourth-order valence-corrected chi connectivity index (χ4v) is 2.14. The number of amides is 1. The smallest absolute Gasteiger partial charge is 0.237 e. The zero-order valence-electron chi connectivity index (χ0n) is 8.46. The van der Waals surface area contributed by atoms with Crippen LogP contribution in [0.2, 0.25) is 0 Å². The molecule has 1 aliphatic heterocycles. The lowest BCUT2D eigenvalue weighted by atomic mass is 10.1. The molecule has 3 nitrogen and oxygen atoms in total. The SMILES string of the molecule is O=C1NCCCCC1NC1CC=CC1. The van der Waals surface area contributed by atoms with Crippen LogP contribution in [0.25, 0.3) is 0 Å². The highest BCUT2D eigenvalue weighted by atomic mass is 16.2. The number of hydrogen-bond donors (Lipinski definition) is 2. The lowest BCUT2D eigenvalue weighted by Crippen LogP contribution is -2.46. The van der Waals surface area contributed by atoms with Crippen molar-refractivity contribution in [3.63, 3.8) is 0 Å². The van der Waals surface area contributed by atoms with Crippen LogP contribution in [0.5, 0.6) is 0 Å². The second kappa shape index (κ2) is 4.60. The first-order valence-electron chi connectivity index (χ1n) is 5.55. The van der Waals surface area contributed by atoms with Crippen LogP contribution in [0, 0.1) is 0 Å². The molecule has 1 fully saturated rings. The summed E-state index contributed by atoms with van der Waals surface area (Å²) >= 11 is 0. The molecule has 1 heterocycles. The Bertz CT molecular complexity index is 229. The molecule has 3 heteroatoms. The van der Waals surface area contributed by atoms with Gasteiger partial charge in [0.1, 0.15) is 0 Å². The Hall–Kier alpha value is -0.830. The molecular weight excluding hydrogens is 176 g/mol. The monoisotopic (exact) mass is 194 g/mol. The molecule has 0 aromatic heterocycles. The van der Waals surface area contributed by atoms with Gasteiger partial charge in [-0.1, -0.05) is 12.2 Å². The summed E-state index contributed by atoms with van der Waals surface area (Å²) in [7, 11) is 0. The van der Waals surface area contributed by atoms with Gasteiger partial charge in [-0.05, 0) is 32.1 Å². The van der Waals surface area contributed by atoms with Gasteiger partial charge in [-0.3, -0.25) is 4.79 Å². The van der Waals surface area contributed by atoms with Crippen LogP contribution in [-0.4, -0.2) is 24.5 Å². The van der Waals surface area contributed by atoms with Crippen molar-refractivity contribution in [1.82, 2.24) is 10.6 Å². The number of hydrogen-bond acceptors (Lipinski definition) is 2. The fraction of sp³-hybridized carbons (Fsp3) is 0.727. The Balaban J connectivity index is 1.84. The molecular formula is C11H18N2O. The summed E-state index contributed by atoms with van der Waals surface area (Å²) in [6.07, 6.45) is 9.78. The van der Waals surface area contributed by atoms with E-state index in [2.05, 4.69) is 22.8 Å². The maximum atomic E-state index is 11.6. The zero-order chi connectivity index (χ0) is 9.80. The van der Waals surface area contributed by atoms with Gasteiger partial charge in [-0.2, -0.15) is 0 Å². The van der Waals surface area contributed by atoms with Crippen LogP contribution in [-0.2, 0) is 4.79 Å². The van der Waals surface area contributed by atoms with Crippen molar-refractivity contribution in [2.45, 2.75) is 44.2 Å². The minimum Gasteiger partial charge on any atom is -0.355 e. The summed E-state index contributed by atoms with van der Waals surface area (Å²) < 4.78 is 0. The third kappa shape index (κ3) is 2.35. The highest BCUT2D eigenvalue weighted by Crippen LogP contribution is 2.13. The van der Waals surface area contributed by atoms with E-state index in [1.54, 1.807) is 0 Å². The van der Waals surface area contributed by atoms with Gasteiger partial charge in [-0.15, -0.1) is 0 Å². The number of rotatable bonds is 2. The first-order chi connectivity index (χ1) is 6.86. The van der Waals surface area contributed by atoms with Crippen molar-refractivity contribution in [2.75, 3.05) is 6.54 Å². The number of nitrogens with one attached hydrogen (secondary N) is 2. The quantitative estimate of drug-likeness (QED) is 0.643. The summed E-state index contributed by atoms with van der Waals surface area (Å²) in [5.41, 5.74) is 0. The summed E-state index contributed by atoms with van der Waals surface area (Å²) in [6.45, 7) is 0.847. The fourth-order valence-electron chi connectivity index (χ4n) is 2.14. The van der Waals surface area contributed by atoms with Crippen molar-refractivity contribution in [2.24, 2.45) is 0 Å². The Morgan fingerprint density at radius 3 is 2.86 bits per heavy atom. The van der Waals surface area contributed by atoms with E-state index in [1.165, 1.54) is 0 Å². The van der Waals surface area contributed by atoms with Gasteiger partial charge >= 0.3 is 0 Å². The second-order valence-electron chi connectivity index (χ2n) is 4.15. The topological polar surface area (TPSA) is 41.1 Å². The minimum absolute atomic E-state index is 0.0439.